The highest BCUT2D eigenvalue weighted by atomic mass is 35.5. The maximum atomic E-state index is 12.2. The lowest BCUT2D eigenvalue weighted by Crippen LogP contribution is -2.40. The molecule has 2 heterocycles. The van der Waals surface area contributed by atoms with Crippen molar-refractivity contribution in [3.05, 3.63) is 17.4 Å². The Labute approximate surface area is 128 Å². The summed E-state index contributed by atoms with van der Waals surface area (Å²) in [5.74, 6) is -0.367. The molecule has 1 fully saturated rings. The Bertz CT molecular complexity index is 503. The minimum absolute atomic E-state index is 0.0987. The van der Waals surface area contributed by atoms with Crippen LogP contribution in [0.2, 0.25) is 5.02 Å². The lowest BCUT2D eigenvalue weighted by molar-refractivity contribution is -0.137. The summed E-state index contributed by atoms with van der Waals surface area (Å²) in [6.07, 6.45) is 6.42. The second kappa shape index (κ2) is 7.45. The van der Waals surface area contributed by atoms with Crippen molar-refractivity contribution in [3.63, 3.8) is 0 Å². The largest absolute Gasteiger partial charge is 0.481 e. The Morgan fingerprint density at radius 3 is 2.90 bits per heavy atom. The van der Waals surface area contributed by atoms with Crippen LogP contribution in [-0.2, 0) is 16.1 Å². The highest BCUT2D eigenvalue weighted by Gasteiger charge is 2.23. The zero-order chi connectivity index (χ0) is 15.2. The Morgan fingerprint density at radius 2 is 2.24 bits per heavy atom. The number of carboxylic acids is 1. The summed E-state index contributed by atoms with van der Waals surface area (Å²) in [7, 11) is 0. The van der Waals surface area contributed by atoms with E-state index in [9.17, 15) is 9.59 Å². The quantitative estimate of drug-likeness (QED) is 0.872. The third kappa shape index (κ3) is 5.04. The van der Waals surface area contributed by atoms with Crippen molar-refractivity contribution >= 4 is 23.5 Å². The molecule has 21 heavy (non-hydrogen) atoms. The first-order chi connectivity index (χ1) is 10.0. The number of carbonyl (C=O) groups is 2. The minimum Gasteiger partial charge on any atom is -0.481 e. The maximum absolute atomic E-state index is 12.2. The fourth-order valence-electron chi connectivity index (χ4n) is 2.68. The molecule has 1 unspecified atom stereocenters. The van der Waals surface area contributed by atoms with Gasteiger partial charge in [-0.25, -0.2) is 0 Å². The first kappa shape index (κ1) is 15.8. The van der Waals surface area contributed by atoms with Gasteiger partial charge in [0.1, 0.15) is 0 Å². The molecule has 1 aliphatic rings. The molecular weight excluding hydrogens is 294 g/mol. The fraction of sp³-hybridized carbons (Fsp3) is 0.643. The number of aromatic nitrogens is 2. The molecule has 1 aliphatic heterocycles. The predicted octanol–water partition coefficient (Wildman–Crippen LogP) is 2.03. The van der Waals surface area contributed by atoms with E-state index in [0.29, 0.717) is 36.9 Å². The number of likely N-dealkylation sites (tertiary alicyclic amines) is 1. The van der Waals surface area contributed by atoms with Gasteiger partial charge in [0.15, 0.2) is 0 Å². The van der Waals surface area contributed by atoms with Gasteiger partial charge in [-0.15, -0.1) is 0 Å². The van der Waals surface area contributed by atoms with Crippen LogP contribution in [0.4, 0.5) is 0 Å². The third-order valence-electron chi connectivity index (χ3n) is 3.79. The molecule has 0 bridgehead atoms. The number of hydrogen-bond acceptors (Lipinski definition) is 3. The van der Waals surface area contributed by atoms with Crippen LogP contribution in [0.25, 0.3) is 0 Å². The Balaban J connectivity index is 1.77. The molecule has 1 saturated heterocycles. The van der Waals surface area contributed by atoms with Crippen molar-refractivity contribution in [2.24, 2.45) is 5.92 Å². The fourth-order valence-corrected chi connectivity index (χ4v) is 2.84. The SMILES string of the molecule is O=C(O)CCC1CCCN(C(=O)CCn2cc(Cl)cn2)C1. The molecule has 1 aromatic rings. The molecule has 2 rings (SSSR count). The van der Waals surface area contributed by atoms with Crippen molar-refractivity contribution in [1.82, 2.24) is 14.7 Å². The predicted molar refractivity (Wildman–Crippen MR) is 78.0 cm³/mol. The van der Waals surface area contributed by atoms with Crippen molar-refractivity contribution in [2.45, 2.75) is 38.6 Å². The van der Waals surface area contributed by atoms with Gasteiger partial charge in [-0.05, 0) is 25.2 Å². The van der Waals surface area contributed by atoms with E-state index >= 15 is 0 Å². The molecule has 6 nitrogen and oxygen atoms in total. The zero-order valence-corrected chi connectivity index (χ0v) is 12.6. The van der Waals surface area contributed by atoms with Crippen LogP contribution in [-0.4, -0.2) is 44.8 Å². The topological polar surface area (TPSA) is 75.4 Å². The average molecular weight is 314 g/mol. The van der Waals surface area contributed by atoms with Gasteiger partial charge in [0.25, 0.3) is 0 Å². The van der Waals surface area contributed by atoms with Crippen LogP contribution in [0.5, 0.6) is 0 Å². The second-order valence-electron chi connectivity index (χ2n) is 5.45. The van der Waals surface area contributed by atoms with Crippen LogP contribution < -0.4 is 0 Å². The first-order valence-electron chi connectivity index (χ1n) is 7.22. The number of nitrogens with zero attached hydrogens (tertiary/aromatic N) is 3. The number of rotatable bonds is 6. The van der Waals surface area contributed by atoms with Gasteiger partial charge in [0.05, 0.1) is 11.2 Å². The van der Waals surface area contributed by atoms with E-state index in [1.54, 1.807) is 17.1 Å². The van der Waals surface area contributed by atoms with Crippen molar-refractivity contribution < 1.29 is 14.7 Å². The van der Waals surface area contributed by atoms with Gasteiger partial charge in [0.2, 0.25) is 5.91 Å². The molecule has 1 N–H and O–H groups in total. The van der Waals surface area contributed by atoms with E-state index in [1.165, 1.54) is 0 Å². The molecule has 0 radical (unpaired) electrons. The van der Waals surface area contributed by atoms with E-state index in [4.69, 9.17) is 16.7 Å². The summed E-state index contributed by atoms with van der Waals surface area (Å²) >= 11 is 5.78. The van der Waals surface area contributed by atoms with Crippen LogP contribution in [0.1, 0.15) is 32.1 Å². The van der Waals surface area contributed by atoms with Gasteiger partial charge in [-0.1, -0.05) is 11.6 Å². The van der Waals surface area contributed by atoms with Crippen molar-refractivity contribution in [2.75, 3.05) is 13.1 Å². The van der Waals surface area contributed by atoms with E-state index in [1.807, 2.05) is 4.90 Å². The summed E-state index contributed by atoms with van der Waals surface area (Å²) in [6, 6.07) is 0. The van der Waals surface area contributed by atoms with Crippen molar-refractivity contribution in [1.29, 1.82) is 0 Å². The highest BCUT2D eigenvalue weighted by Crippen LogP contribution is 2.21. The third-order valence-corrected chi connectivity index (χ3v) is 3.99. The van der Waals surface area contributed by atoms with Crippen LogP contribution >= 0.6 is 11.6 Å². The van der Waals surface area contributed by atoms with E-state index in [0.717, 1.165) is 19.4 Å². The minimum atomic E-state index is -0.769. The standard InChI is InChI=1S/C14H20ClN3O3/c15-12-8-16-18(10-12)7-5-13(19)17-6-1-2-11(9-17)3-4-14(20)21/h8,10-11H,1-7,9H2,(H,20,21). The molecule has 1 amide bonds. The van der Waals surface area contributed by atoms with Gasteiger partial charge in [-0.2, -0.15) is 5.10 Å². The summed E-state index contributed by atoms with van der Waals surface area (Å²) in [6.45, 7) is 1.95. The monoisotopic (exact) mass is 313 g/mol. The number of amides is 1. The van der Waals surface area contributed by atoms with E-state index < -0.39 is 5.97 Å². The molecule has 116 valence electrons. The Hall–Kier alpha value is -1.56. The van der Waals surface area contributed by atoms with Gasteiger partial charge in [0, 0.05) is 38.7 Å². The molecule has 1 aromatic heterocycles. The highest BCUT2D eigenvalue weighted by molar-refractivity contribution is 6.30. The first-order valence-corrected chi connectivity index (χ1v) is 7.60. The number of halogens is 1. The normalized spacial score (nSPS) is 18.7. The van der Waals surface area contributed by atoms with Crippen molar-refractivity contribution in [3.8, 4) is 0 Å². The summed E-state index contributed by atoms with van der Waals surface area (Å²) in [5, 5.41) is 13.3. The Kier molecular flexibility index (Phi) is 5.61. The lowest BCUT2D eigenvalue weighted by Gasteiger charge is -2.32. The number of carboxylic acid groups (broad SMARTS) is 1. The molecule has 1 atom stereocenters. The second-order valence-corrected chi connectivity index (χ2v) is 5.89. The lowest BCUT2D eigenvalue weighted by atomic mass is 9.93. The van der Waals surface area contributed by atoms with Crippen LogP contribution in [0, 0.1) is 5.92 Å². The number of piperidine rings is 1. The van der Waals surface area contributed by atoms with E-state index in [2.05, 4.69) is 5.10 Å². The number of carbonyl (C=O) groups excluding carboxylic acids is 1. The van der Waals surface area contributed by atoms with E-state index in [-0.39, 0.29) is 12.3 Å². The number of aliphatic carboxylic acids is 1. The summed E-state index contributed by atoms with van der Waals surface area (Å²) < 4.78 is 1.66. The molecule has 0 saturated carbocycles. The van der Waals surface area contributed by atoms with Crippen LogP contribution in [0.15, 0.2) is 12.4 Å². The molecular formula is C14H20ClN3O3. The summed E-state index contributed by atoms with van der Waals surface area (Å²) in [5.41, 5.74) is 0. The molecule has 7 heteroatoms. The average Bonchev–Trinajstić information content (AvgIpc) is 2.88. The number of hydrogen-bond donors (Lipinski definition) is 1. The van der Waals surface area contributed by atoms with Gasteiger partial charge < -0.3 is 10.0 Å². The van der Waals surface area contributed by atoms with Gasteiger partial charge >= 0.3 is 5.97 Å². The summed E-state index contributed by atoms with van der Waals surface area (Å²) in [4.78, 5) is 24.7. The van der Waals surface area contributed by atoms with Gasteiger partial charge in [-0.3, -0.25) is 14.3 Å². The Morgan fingerprint density at radius 1 is 1.43 bits per heavy atom. The number of aryl methyl sites for hydroxylation is 1. The van der Waals surface area contributed by atoms with Crippen LogP contribution in [0.3, 0.4) is 0 Å². The smallest absolute Gasteiger partial charge is 0.303 e. The maximum Gasteiger partial charge on any atom is 0.303 e. The molecule has 0 spiro atoms. The molecule has 0 aliphatic carbocycles. The zero-order valence-electron chi connectivity index (χ0n) is 11.9. The molecule has 0 aromatic carbocycles.